The third-order valence-corrected chi connectivity index (χ3v) is 9.56. The third-order valence-electron chi connectivity index (χ3n) is 9.56. The first-order valence-corrected chi connectivity index (χ1v) is 15.4. The lowest BCUT2D eigenvalue weighted by atomic mass is 9.64. The number of anilines is 2. The fourth-order valence-electron chi connectivity index (χ4n) is 7.64. The summed E-state index contributed by atoms with van der Waals surface area (Å²) in [5.74, 6) is -2.26. The molecule has 1 N–H and O–H groups in total. The Labute approximate surface area is 267 Å². The molecule has 1 fully saturated rings. The van der Waals surface area contributed by atoms with Crippen molar-refractivity contribution in [1.82, 2.24) is 0 Å². The Morgan fingerprint density at radius 2 is 1.30 bits per heavy atom. The van der Waals surface area contributed by atoms with E-state index in [4.69, 9.17) is 4.74 Å². The van der Waals surface area contributed by atoms with Gasteiger partial charge < -0.3 is 15.0 Å². The van der Waals surface area contributed by atoms with Crippen LogP contribution in [-0.2, 0) is 19.7 Å². The molecule has 0 aromatic heterocycles. The molecule has 0 bridgehead atoms. The molecule has 4 atom stereocenters. The van der Waals surface area contributed by atoms with E-state index in [2.05, 4.69) is 5.32 Å². The lowest BCUT2D eigenvalue weighted by Gasteiger charge is -2.37. The van der Waals surface area contributed by atoms with E-state index in [9.17, 15) is 9.59 Å². The monoisotopic (exact) mass is 602 g/mol. The number of benzene rings is 5. The summed E-state index contributed by atoms with van der Waals surface area (Å²) in [6.07, 6.45) is 3.23. The zero-order valence-electron chi connectivity index (χ0n) is 24.8. The van der Waals surface area contributed by atoms with E-state index in [1.165, 1.54) is 0 Å². The normalized spacial score (nSPS) is 22.2. The van der Waals surface area contributed by atoms with Crippen molar-refractivity contribution in [3.8, 4) is 0 Å². The fourth-order valence-corrected chi connectivity index (χ4v) is 7.64. The Bertz CT molecular complexity index is 1950. The van der Waals surface area contributed by atoms with E-state index < -0.39 is 35.5 Å². The summed E-state index contributed by atoms with van der Waals surface area (Å²) in [7, 11) is 0. The number of fused-ring (bicyclic) bond motifs is 6. The zero-order chi connectivity index (χ0) is 31.3. The molecule has 5 aromatic rings. The van der Waals surface area contributed by atoms with Gasteiger partial charge in [-0.05, 0) is 34.4 Å². The van der Waals surface area contributed by atoms with Crippen LogP contribution in [0.15, 0.2) is 146 Å². The summed E-state index contributed by atoms with van der Waals surface area (Å²) < 4.78 is 6.52. The number of carbonyl (C=O) groups is 3. The number of ketones is 1. The molecule has 6 nitrogen and oxygen atoms in total. The molecule has 0 radical (unpaired) electrons. The molecule has 6 heteroatoms. The number of para-hydroxylation sites is 2. The first kappa shape index (κ1) is 27.8. The van der Waals surface area contributed by atoms with E-state index in [1.54, 1.807) is 24.3 Å². The van der Waals surface area contributed by atoms with Gasteiger partial charge >= 0.3 is 5.97 Å². The molecular weight excluding hydrogens is 572 g/mol. The number of nitrogens with one attached hydrogen (secondary N) is 1. The number of ether oxygens (including phenoxy) is 1. The molecule has 3 aliphatic rings. The van der Waals surface area contributed by atoms with Crippen LogP contribution in [0.5, 0.6) is 0 Å². The Hall–Kier alpha value is -5.75. The molecule has 4 unspecified atom stereocenters. The molecule has 224 valence electrons. The van der Waals surface area contributed by atoms with E-state index in [1.807, 2.05) is 132 Å². The maximum Gasteiger partial charge on any atom is 0.330 e. The van der Waals surface area contributed by atoms with Gasteiger partial charge in [-0.25, -0.2) is 4.79 Å². The van der Waals surface area contributed by atoms with Crippen molar-refractivity contribution in [2.75, 3.05) is 10.2 Å². The molecule has 46 heavy (non-hydrogen) atoms. The molecule has 1 saturated heterocycles. The summed E-state index contributed by atoms with van der Waals surface area (Å²) in [4.78, 5) is 46.4. The minimum absolute atomic E-state index is 0.286. The van der Waals surface area contributed by atoms with Crippen LogP contribution in [0.3, 0.4) is 0 Å². The predicted molar refractivity (Wildman–Crippen MR) is 177 cm³/mol. The fraction of sp³-hybridized carbons (Fsp3) is 0.125. The first-order chi connectivity index (χ1) is 22.6. The Morgan fingerprint density at radius 1 is 0.717 bits per heavy atom. The van der Waals surface area contributed by atoms with E-state index >= 15 is 4.79 Å². The Balaban J connectivity index is 1.35. The predicted octanol–water partition coefficient (Wildman–Crippen LogP) is 6.99. The van der Waals surface area contributed by atoms with Crippen LogP contribution < -0.4 is 10.2 Å². The maximum atomic E-state index is 15.0. The average Bonchev–Trinajstić information content (AvgIpc) is 3.60. The second-order valence-electron chi connectivity index (χ2n) is 11.9. The van der Waals surface area contributed by atoms with Crippen molar-refractivity contribution in [3.05, 3.63) is 173 Å². The Morgan fingerprint density at radius 3 is 2.00 bits per heavy atom. The van der Waals surface area contributed by atoms with Crippen LogP contribution in [0.25, 0.3) is 6.08 Å². The van der Waals surface area contributed by atoms with Gasteiger partial charge in [0.25, 0.3) is 0 Å². The largest absolute Gasteiger partial charge is 0.451 e. The molecule has 0 saturated carbocycles. The lowest BCUT2D eigenvalue weighted by molar-refractivity contribution is -0.150. The van der Waals surface area contributed by atoms with Crippen LogP contribution in [0.2, 0.25) is 0 Å². The number of carbonyl (C=O) groups excluding carboxylic acids is 3. The smallest absolute Gasteiger partial charge is 0.330 e. The van der Waals surface area contributed by atoms with Crippen LogP contribution in [0.1, 0.15) is 38.7 Å². The average molecular weight is 603 g/mol. The van der Waals surface area contributed by atoms with Gasteiger partial charge in [-0.1, -0.05) is 140 Å². The highest BCUT2D eigenvalue weighted by Gasteiger charge is 2.71. The number of esters is 1. The van der Waals surface area contributed by atoms with Crippen LogP contribution in [0.4, 0.5) is 11.4 Å². The third kappa shape index (κ3) is 4.14. The SMILES string of the molecule is O=C(OC(c1ccccc1)c1ccccc1)C1C(C(=O)c2ccccc2)C2(C(=O)Nc3ccccc32)C2C=Cc3ccccc3N12. The minimum Gasteiger partial charge on any atom is -0.451 e. The summed E-state index contributed by atoms with van der Waals surface area (Å²) in [5.41, 5.74) is 3.66. The maximum absolute atomic E-state index is 15.0. The summed E-state index contributed by atoms with van der Waals surface area (Å²) in [5, 5.41) is 3.07. The molecule has 1 spiro atoms. The van der Waals surface area contributed by atoms with Gasteiger partial charge in [0, 0.05) is 16.9 Å². The quantitative estimate of drug-likeness (QED) is 0.168. The second kappa shape index (κ2) is 11.0. The van der Waals surface area contributed by atoms with E-state index in [-0.39, 0.29) is 11.7 Å². The summed E-state index contributed by atoms with van der Waals surface area (Å²) in [6.45, 7) is 0. The molecular formula is C40H30N2O4. The lowest BCUT2D eigenvalue weighted by Crippen LogP contribution is -2.51. The van der Waals surface area contributed by atoms with Gasteiger partial charge in [-0.2, -0.15) is 0 Å². The number of amides is 1. The van der Waals surface area contributed by atoms with Gasteiger partial charge in [0.2, 0.25) is 5.91 Å². The van der Waals surface area contributed by atoms with Crippen molar-refractivity contribution in [2.24, 2.45) is 5.92 Å². The van der Waals surface area contributed by atoms with Gasteiger partial charge in [0.1, 0.15) is 11.5 Å². The van der Waals surface area contributed by atoms with Crippen molar-refractivity contribution >= 4 is 35.1 Å². The number of Topliss-reactive ketones (excluding diaryl/α,β-unsaturated/α-hetero) is 1. The summed E-state index contributed by atoms with van der Waals surface area (Å²) >= 11 is 0. The van der Waals surface area contributed by atoms with Crippen LogP contribution >= 0.6 is 0 Å². The highest BCUT2D eigenvalue weighted by atomic mass is 16.5. The van der Waals surface area contributed by atoms with Crippen molar-refractivity contribution in [3.63, 3.8) is 0 Å². The number of hydrogen-bond acceptors (Lipinski definition) is 5. The van der Waals surface area contributed by atoms with Crippen molar-refractivity contribution in [1.29, 1.82) is 0 Å². The number of rotatable bonds is 6. The van der Waals surface area contributed by atoms with Crippen LogP contribution in [-0.4, -0.2) is 29.7 Å². The zero-order valence-corrected chi connectivity index (χ0v) is 24.8. The van der Waals surface area contributed by atoms with Gasteiger partial charge in [0.15, 0.2) is 11.9 Å². The molecule has 8 rings (SSSR count). The van der Waals surface area contributed by atoms with Crippen LogP contribution in [0, 0.1) is 5.92 Å². The molecule has 5 aromatic carbocycles. The minimum atomic E-state index is -1.40. The van der Waals surface area contributed by atoms with Gasteiger partial charge in [-0.3, -0.25) is 9.59 Å². The van der Waals surface area contributed by atoms with E-state index in [0.29, 0.717) is 16.8 Å². The first-order valence-electron chi connectivity index (χ1n) is 15.4. The van der Waals surface area contributed by atoms with Gasteiger partial charge in [0.05, 0.1) is 12.0 Å². The highest BCUT2D eigenvalue weighted by Crippen LogP contribution is 2.58. The number of nitrogens with zero attached hydrogens (tertiary/aromatic N) is 1. The molecule has 3 aliphatic heterocycles. The molecule has 3 heterocycles. The highest BCUT2D eigenvalue weighted by molar-refractivity contribution is 6.16. The summed E-state index contributed by atoms with van der Waals surface area (Å²) in [6, 6.07) is 41.6. The Kier molecular flexibility index (Phi) is 6.64. The second-order valence-corrected chi connectivity index (χ2v) is 11.9. The van der Waals surface area contributed by atoms with Gasteiger partial charge in [-0.15, -0.1) is 0 Å². The topological polar surface area (TPSA) is 75.7 Å². The van der Waals surface area contributed by atoms with Crippen molar-refractivity contribution in [2.45, 2.75) is 23.6 Å². The molecule has 0 aliphatic carbocycles. The standard InChI is InChI=1S/C40H30N2O4/c43-36(27-15-4-1-5-16-27)34-35(38(44)46-37(28-17-6-2-7-18-28)29-19-8-3-9-20-29)42-32-23-13-10-14-26(32)24-25-33(42)40(34)30-21-11-12-22-31(30)41-39(40)45/h1-25,33-35,37H,(H,41,45). The van der Waals surface area contributed by atoms with E-state index in [0.717, 1.165) is 22.4 Å². The number of hydrogen-bond donors (Lipinski definition) is 1. The molecule has 1 amide bonds. The van der Waals surface area contributed by atoms with Crippen molar-refractivity contribution < 1.29 is 19.1 Å².